The molecule has 3 saturated heterocycles. The van der Waals surface area contributed by atoms with Crippen LogP contribution in [0, 0.1) is 23.6 Å². The van der Waals surface area contributed by atoms with Gasteiger partial charge in [0.25, 0.3) is 11.8 Å². The highest BCUT2D eigenvalue weighted by Gasteiger charge is 2.43. The van der Waals surface area contributed by atoms with Crippen LogP contribution in [0.1, 0.15) is 58.0 Å². The SMILES string of the molecule is NS(=O)(=O)c1ccc(C(=O)N2C[C@@H]3CN(C(=O)c4cc(OCC5CCOCC5)nc(C5CC5)c4)C[C@H]3C2)cc1F. The molecular weight excluding hydrogens is 539 g/mol. The van der Waals surface area contributed by atoms with E-state index in [2.05, 4.69) is 0 Å². The number of ether oxygens (including phenoxy) is 2. The molecule has 12 heteroatoms. The maximum atomic E-state index is 14.3. The Labute approximate surface area is 232 Å². The molecule has 6 rings (SSSR count). The lowest BCUT2D eigenvalue weighted by Gasteiger charge is -2.23. The minimum atomic E-state index is -4.21. The Balaban J connectivity index is 1.10. The molecule has 4 heterocycles. The number of fused-ring (bicyclic) bond motifs is 1. The Hall–Kier alpha value is -3.09. The minimum Gasteiger partial charge on any atom is -0.477 e. The lowest BCUT2D eigenvalue weighted by Crippen LogP contribution is -2.35. The highest BCUT2D eigenvalue weighted by molar-refractivity contribution is 7.89. The zero-order chi connectivity index (χ0) is 28.0. The second-order valence-corrected chi connectivity index (χ2v) is 12.9. The average Bonchev–Trinajstić information content (AvgIpc) is 3.60. The topological polar surface area (TPSA) is 132 Å². The molecule has 10 nitrogen and oxygen atoms in total. The fourth-order valence-corrected chi connectivity index (χ4v) is 6.57. The third-order valence-corrected chi connectivity index (χ3v) is 9.36. The van der Waals surface area contributed by atoms with Crippen molar-refractivity contribution in [2.45, 2.75) is 36.5 Å². The van der Waals surface area contributed by atoms with Gasteiger partial charge in [-0.1, -0.05) is 0 Å². The number of pyridine rings is 1. The first-order valence-corrected chi connectivity index (χ1v) is 15.3. The summed E-state index contributed by atoms with van der Waals surface area (Å²) in [6.07, 6.45) is 4.05. The molecule has 1 aromatic heterocycles. The van der Waals surface area contributed by atoms with Crippen molar-refractivity contribution in [3.8, 4) is 5.88 Å². The van der Waals surface area contributed by atoms with Crippen molar-refractivity contribution in [1.82, 2.24) is 14.8 Å². The predicted octanol–water partition coefficient (Wildman–Crippen LogP) is 2.40. The van der Waals surface area contributed by atoms with Gasteiger partial charge in [-0.3, -0.25) is 9.59 Å². The number of likely N-dealkylation sites (tertiary alicyclic amines) is 2. The van der Waals surface area contributed by atoms with Crippen LogP contribution in [0.15, 0.2) is 35.2 Å². The van der Waals surface area contributed by atoms with Crippen LogP contribution in [-0.2, 0) is 14.8 Å². The van der Waals surface area contributed by atoms with Crippen molar-refractivity contribution in [1.29, 1.82) is 0 Å². The van der Waals surface area contributed by atoms with E-state index in [4.69, 9.17) is 19.6 Å². The normalized spacial score (nSPS) is 23.4. The summed E-state index contributed by atoms with van der Waals surface area (Å²) in [6.45, 7) is 3.97. The molecule has 2 aromatic rings. The van der Waals surface area contributed by atoms with Crippen molar-refractivity contribution in [3.05, 3.63) is 53.0 Å². The average molecular weight is 573 g/mol. The molecule has 214 valence electrons. The van der Waals surface area contributed by atoms with Crippen LogP contribution in [-0.4, -0.2) is 81.0 Å². The van der Waals surface area contributed by atoms with E-state index < -0.39 is 20.7 Å². The number of hydrogen-bond donors (Lipinski definition) is 1. The van der Waals surface area contributed by atoms with Crippen LogP contribution >= 0.6 is 0 Å². The Morgan fingerprint density at radius 2 is 1.57 bits per heavy atom. The third kappa shape index (κ3) is 5.70. The molecule has 1 aromatic carbocycles. The van der Waals surface area contributed by atoms with E-state index in [1.54, 1.807) is 11.0 Å². The van der Waals surface area contributed by atoms with Crippen LogP contribution < -0.4 is 9.88 Å². The van der Waals surface area contributed by atoms with Gasteiger partial charge in [-0.05, 0) is 55.9 Å². The summed E-state index contributed by atoms with van der Waals surface area (Å²) >= 11 is 0. The molecule has 0 spiro atoms. The number of primary sulfonamides is 1. The summed E-state index contributed by atoms with van der Waals surface area (Å²) in [6, 6.07) is 6.84. The lowest BCUT2D eigenvalue weighted by molar-refractivity contribution is 0.0490. The highest BCUT2D eigenvalue weighted by atomic mass is 32.2. The smallest absolute Gasteiger partial charge is 0.254 e. The number of nitrogens with zero attached hydrogens (tertiary/aromatic N) is 3. The number of carbonyl (C=O) groups excluding carboxylic acids is 2. The van der Waals surface area contributed by atoms with Gasteiger partial charge in [0.1, 0.15) is 10.7 Å². The Kier molecular flexibility index (Phi) is 7.26. The van der Waals surface area contributed by atoms with Crippen molar-refractivity contribution < 1.29 is 31.9 Å². The monoisotopic (exact) mass is 572 g/mol. The summed E-state index contributed by atoms with van der Waals surface area (Å²) in [5.41, 5.74) is 1.55. The first kappa shape index (κ1) is 27.1. The standard InChI is InChI=1S/C28H33FN4O6S/c29-23-9-19(3-4-25(23)40(30,36)37)27(34)32-12-21-14-33(15-22(21)13-32)28(35)20-10-24(18-1-2-18)31-26(11-20)39-16-17-5-7-38-8-6-17/h3-4,9-11,17-18,21-22H,1-2,5-8,12-16H2,(H2,30,36,37)/t21-,22-/m1/s1. The van der Waals surface area contributed by atoms with E-state index in [1.807, 2.05) is 11.0 Å². The lowest BCUT2D eigenvalue weighted by atomic mass is 10.0. The zero-order valence-electron chi connectivity index (χ0n) is 22.1. The molecule has 1 saturated carbocycles. The van der Waals surface area contributed by atoms with Gasteiger partial charge >= 0.3 is 0 Å². The molecule has 4 aliphatic rings. The van der Waals surface area contributed by atoms with Gasteiger partial charge in [0.05, 0.1) is 6.61 Å². The second-order valence-electron chi connectivity index (χ2n) is 11.4. The Bertz CT molecular complexity index is 1410. The van der Waals surface area contributed by atoms with Gasteiger partial charge < -0.3 is 19.3 Å². The van der Waals surface area contributed by atoms with Crippen molar-refractivity contribution >= 4 is 21.8 Å². The van der Waals surface area contributed by atoms with Gasteiger partial charge in [0.2, 0.25) is 15.9 Å². The van der Waals surface area contributed by atoms with Crippen LogP contribution in [0.5, 0.6) is 5.88 Å². The second kappa shape index (κ2) is 10.7. The fourth-order valence-electron chi connectivity index (χ4n) is 5.98. The number of aromatic nitrogens is 1. The number of amides is 2. The number of benzene rings is 1. The van der Waals surface area contributed by atoms with Gasteiger partial charge in [-0.25, -0.2) is 22.9 Å². The highest BCUT2D eigenvalue weighted by Crippen LogP contribution is 2.40. The van der Waals surface area contributed by atoms with E-state index in [9.17, 15) is 22.4 Å². The molecule has 2 amide bonds. The van der Waals surface area contributed by atoms with Crippen molar-refractivity contribution in [2.75, 3.05) is 46.0 Å². The molecular formula is C28H33FN4O6S. The van der Waals surface area contributed by atoms with Gasteiger partial charge in [0.15, 0.2) is 0 Å². The summed E-state index contributed by atoms with van der Waals surface area (Å²) in [5, 5.41) is 5.02. The minimum absolute atomic E-state index is 0.0619. The first-order chi connectivity index (χ1) is 19.2. The number of nitrogens with two attached hydrogens (primary N) is 1. The van der Waals surface area contributed by atoms with Crippen LogP contribution in [0.3, 0.4) is 0 Å². The summed E-state index contributed by atoms with van der Waals surface area (Å²) < 4.78 is 48.7. The molecule has 0 radical (unpaired) electrons. The number of halogens is 1. The maximum absolute atomic E-state index is 14.3. The zero-order valence-corrected chi connectivity index (χ0v) is 22.9. The molecule has 0 bridgehead atoms. The van der Waals surface area contributed by atoms with Crippen LogP contribution in [0.2, 0.25) is 0 Å². The van der Waals surface area contributed by atoms with E-state index >= 15 is 0 Å². The van der Waals surface area contributed by atoms with Crippen molar-refractivity contribution in [3.63, 3.8) is 0 Å². The molecule has 1 aliphatic carbocycles. The fraction of sp³-hybridized carbons (Fsp3) is 0.536. The van der Waals surface area contributed by atoms with Gasteiger partial charge in [-0.2, -0.15) is 0 Å². The summed E-state index contributed by atoms with van der Waals surface area (Å²) in [4.78, 5) is 34.1. The van der Waals surface area contributed by atoms with Crippen molar-refractivity contribution in [2.24, 2.45) is 22.9 Å². The third-order valence-electron chi connectivity index (χ3n) is 8.42. The predicted molar refractivity (Wildman–Crippen MR) is 142 cm³/mol. The Morgan fingerprint density at radius 1 is 0.950 bits per heavy atom. The molecule has 2 atom stereocenters. The van der Waals surface area contributed by atoms with E-state index in [-0.39, 0.29) is 29.2 Å². The number of hydrogen-bond acceptors (Lipinski definition) is 7. The summed E-state index contributed by atoms with van der Waals surface area (Å²) in [5.74, 6) is 0.0193. The number of rotatable bonds is 7. The van der Waals surface area contributed by atoms with E-state index in [1.165, 1.54) is 6.07 Å². The quantitative estimate of drug-likeness (QED) is 0.539. The maximum Gasteiger partial charge on any atom is 0.254 e. The largest absolute Gasteiger partial charge is 0.477 e. The molecule has 0 unspecified atom stereocenters. The molecule has 4 fully saturated rings. The number of carbonyl (C=O) groups is 2. The van der Waals surface area contributed by atoms with Gasteiger partial charge in [0, 0.05) is 80.0 Å². The van der Waals surface area contributed by atoms with Crippen LogP contribution in [0.4, 0.5) is 4.39 Å². The number of sulfonamides is 1. The summed E-state index contributed by atoms with van der Waals surface area (Å²) in [7, 11) is -4.21. The Morgan fingerprint density at radius 3 is 2.15 bits per heavy atom. The van der Waals surface area contributed by atoms with Crippen LogP contribution in [0.25, 0.3) is 0 Å². The first-order valence-electron chi connectivity index (χ1n) is 13.8. The molecule has 3 aliphatic heterocycles. The van der Waals surface area contributed by atoms with E-state index in [0.717, 1.165) is 56.7 Å². The molecule has 40 heavy (non-hydrogen) atoms. The molecule has 2 N–H and O–H groups in total. The van der Waals surface area contributed by atoms with Gasteiger partial charge in [-0.15, -0.1) is 0 Å². The van der Waals surface area contributed by atoms with E-state index in [0.29, 0.717) is 56.1 Å².